The van der Waals surface area contributed by atoms with E-state index in [0.717, 1.165) is 31.7 Å². The lowest BCUT2D eigenvalue weighted by atomic mass is 9.90. The van der Waals surface area contributed by atoms with Crippen LogP contribution in [0.3, 0.4) is 0 Å². The number of anilines is 1. The number of hydrogen-bond donors (Lipinski definition) is 3. The summed E-state index contributed by atoms with van der Waals surface area (Å²) in [6.07, 6.45) is 5.37. The Hall–Kier alpha value is -3.47. The Bertz CT molecular complexity index is 1260. The van der Waals surface area contributed by atoms with Gasteiger partial charge in [-0.2, -0.15) is 16.4 Å². The number of carbonyl (C=O) groups excluding carboxylic acids is 1. The highest BCUT2D eigenvalue weighted by atomic mass is 32.1. The molecular weight excluding hydrogens is 436 g/mol. The lowest BCUT2D eigenvalue weighted by Crippen LogP contribution is -2.41. The number of nitrogens with one attached hydrogen (secondary N) is 3. The molecule has 0 aromatic carbocycles. The van der Waals surface area contributed by atoms with Crippen LogP contribution in [0.2, 0.25) is 0 Å². The van der Waals surface area contributed by atoms with Crippen LogP contribution < -0.4 is 10.6 Å². The van der Waals surface area contributed by atoms with Gasteiger partial charge in [-0.25, -0.2) is 23.7 Å². The zero-order valence-electron chi connectivity index (χ0n) is 16.8. The second-order valence-corrected chi connectivity index (χ2v) is 8.48. The van der Waals surface area contributed by atoms with Crippen molar-refractivity contribution in [3.05, 3.63) is 52.5 Å². The van der Waals surface area contributed by atoms with Crippen molar-refractivity contribution in [3.63, 3.8) is 0 Å². The van der Waals surface area contributed by atoms with E-state index in [1.54, 1.807) is 6.07 Å². The highest BCUT2D eigenvalue weighted by Crippen LogP contribution is 2.27. The molecule has 1 unspecified atom stereocenters. The van der Waals surface area contributed by atoms with E-state index in [4.69, 9.17) is 0 Å². The largest absolute Gasteiger partial charge is 0.365 e. The van der Waals surface area contributed by atoms with Gasteiger partial charge in [0.2, 0.25) is 0 Å². The monoisotopic (exact) mass is 455 g/mol. The molecule has 1 saturated carbocycles. The molecule has 2 atom stereocenters. The predicted molar refractivity (Wildman–Crippen MR) is 116 cm³/mol. The molecule has 32 heavy (non-hydrogen) atoms. The second kappa shape index (κ2) is 8.58. The first kappa shape index (κ1) is 20.4. The van der Waals surface area contributed by atoms with Gasteiger partial charge >= 0.3 is 0 Å². The molecule has 1 aliphatic carbocycles. The molecule has 0 bridgehead atoms. The smallest absolute Gasteiger partial charge is 0.252 e. The number of nitrogens with zero attached hydrogens (tertiary/aromatic N) is 4. The van der Waals surface area contributed by atoms with Crippen LogP contribution in [0.4, 0.5) is 14.6 Å². The summed E-state index contributed by atoms with van der Waals surface area (Å²) in [4.78, 5) is 24.6. The lowest BCUT2D eigenvalue weighted by molar-refractivity contribution is 0.0927. The molecule has 11 heteroatoms. The first-order chi connectivity index (χ1) is 15.6. The quantitative estimate of drug-likeness (QED) is 0.421. The zero-order valence-corrected chi connectivity index (χ0v) is 17.6. The van der Waals surface area contributed by atoms with Crippen LogP contribution >= 0.6 is 11.3 Å². The first-order valence-electron chi connectivity index (χ1n) is 10.2. The molecule has 4 aromatic heterocycles. The van der Waals surface area contributed by atoms with E-state index in [1.165, 1.54) is 17.4 Å². The van der Waals surface area contributed by atoms with Gasteiger partial charge in [0.05, 0.1) is 17.8 Å². The van der Waals surface area contributed by atoms with Crippen LogP contribution in [0, 0.1) is 11.6 Å². The van der Waals surface area contributed by atoms with Gasteiger partial charge < -0.3 is 10.6 Å². The summed E-state index contributed by atoms with van der Waals surface area (Å²) in [6, 6.07) is 2.99. The molecule has 0 aliphatic heterocycles. The van der Waals surface area contributed by atoms with Gasteiger partial charge in [0.1, 0.15) is 11.5 Å². The van der Waals surface area contributed by atoms with Crippen molar-refractivity contribution in [1.29, 1.82) is 0 Å². The fourth-order valence-corrected chi connectivity index (χ4v) is 4.57. The van der Waals surface area contributed by atoms with E-state index < -0.39 is 11.6 Å². The number of fused-ring (bicyclic) bond motifs is 1. The number of aromatic nitrogens is 5. The van der Waals surface area contributed by atoms with Gasteiger partial charge in [-0.05, 0) is 43.2 Å². The number of pyridine rings is 1. The minimum Gasteiger partial charge on any atom is -0.365 e. The fraction of sp³-hybridized carbons (Fsp3) is 0.286. The van der Waals surface area contributed by atoms with E-state index in [-0.39, 0.29) is 29.6 Å². The Labute approximate surface area is 185 Å². The summed E-state index contributed by atoms with van der Waals surface area (Å²) < 4.78 is 28.1. The van der Waals surface area contributed by atoms with Crippen molar-refractivity contribution in [3.8, 4) is 11.5 Å². The molecule has 1 aliphatic rings. The maximum Gasteiger partial charge on any atom is 0.252 e. The molecular formula is C21H19F2N7OS. The summed E-state index contributed by atoms with van der Waals surface area (Å²) in [5.41, 5.74) is 1.33. The summed E-state index contributed by atoms with van der Waals surface area (Å²) in [7, 11) is 0. The number of halogens is 2. The third kappa shape index (κ3) is 4.15. The van der Waals surface area contributed by atoms with Crippen molar-refractivity contribution in [2.75, 3.05) is 5.32 Å². The van der Waals surface area contributed by atoms with Gasteiger partial charge in [0.25, 0.3) is 5.91 Å². The summed E-state index contributed by atoms with van der Waals surface area (Å²) in [5.74, 6) is -1.00. The van der Waals surface area contributed by atoms with Crippen LogP contribution in [-0.4, -0.2) is 43.1 Å². The maximum absolute atomic E-state index is 14.5. The molecule has 1 amide bonds. The van der Waals surface area contributed by atoms with Crippen molar-refractivity contribution >= 4 is 34.1 Å². The van der Waals surface area contributed by atoms with Crippen LogP contribution in [0.1, 0.15) is 36.0 Å². The Balaban J connectivity index is 1.33. The summed E-state index contributed by atoms with van der Waals surface area (Å²) >= 11 is 1.47. The van der Waals surface area contributed by atoms with E-state index in [0.29, 0.717) is 28.7 Å². The van der Waals surface area contributed by atoms with Crippen molar-refractivity contribution in [1.82, 2.24) is 30.5 Å². The van der Waals surface area contributed by atoms with Gasteiger partial charge in [-0.15, -0.1) is 0 Å². The van der Waals surface area contributed by atoms with Crippen LogP contribution in [0.25, 0.3) is 22.6 Å². The minimum atomic E-state index is -0.595. The Morgan fingerprint density at radius 3 is 2.91 bits per heavy atom. The summed E-state index contributed by atoms with van der Waals surface area (Å²) in [6.45, 7) is 0. The third-order valence-corrected chi connectivity index (χ3v) is 6.16. The third-order valence-electron chi connectivity index (χ3n) is 5.47. The Morgan fingerprint density at radius 1 is 1.19 bits per heavy atom. The van der Waals surface area contributed by atoms with Crippen molar-refractivity contribution in [2.45, 2.75) is 37.8 Å². The number of thiophene rings is 1. The van der Waals surface area contributed by atoms with E-state index in [9.17, 15) is 13.6 Å². The molecule has 164 valence electrons. The van der Waals surface area contributed by atoms with Gasteiger partial charge in [-0.1, -0.05) is 0 Å². The number of aromatic amines is 1. The van der Waals surface area contributed by atoms with Crippen molar-refractivity contribution < 1.29 is 13.6 Å². The van der Waals surface area contributed by atoms with Gasteiger partial charge in [0, 0.05) is 23.0 Å². The number of hydrogen-bond acceptors (Lipinski definition) is 7. The molecule has 0 radical (unpaired) electrons. The molecule has 0 saturated heterocycles. The minimum absolute atomic E-state index is 0.0117. The second-order valence-electron chi connectivity index (χ2n) is 7.70. The first-order valence-corrected chi connectivity index (χ1v) is 11.1. The average molecular weight is 455 g/mol. The van der Waals surface area contributed by atoms with E-state index in [2.05, 4.69) is 35.8 Å². The number of amides is 1. The van der Waals surface area contributed by atoms with Gasteiger partial charge in [0.15, 0.2) is 23.1 Å². The van der Waals surface area contributed by atoms with Crippen LogP contribution in [-0.2, 0) is 0 Å². The molecule has 3 N–H and O–H groups in total. The molecule has 1 fully saturated rings. The fourth-order valence-electron chi connectivity index (χ4n) is 3.94. The van der Waals surface area contributed by atoms with Crippen molar-refractivity contribution in [2.24, 2.45) is 0 Å². The maximum atomic E-state index is 14.5. The van der Waals surface area contributed by atoms with E-state index in [1.807, 2.05) is 10.8 Å². The highest BCUT2D eigenvalue weighted by Gasteiger charge is 2.25. The average Bonchev–Trinajstić information content (AvgIpc) is 3.46. The zero-order chi connectivity index (χ0) is 22.1. The lowest BCUT2D eigenvalue weighted by Gasteiger charge is -2.30. The number of rotatable bonds is 5. The topological polar surface area (TPSA) is 108 Å². The molecule has 4 heterocycles. The number of carbonyl (C=O) groups is 1. The number of H-pyrrole nitrogens is 1. The molecule has 0 spiro atoms. The molecule has 4 aromatic rings. The van der Waals surface area contributed by atoms with Gasteiger partial charge in [-0.3, -0.25) is 9.89 Å². The SMILES string of the molecule is O=C(N[C@@H]1CCCC(Nc2nc(-c3n[nH]c4ncc(F)cc34)ncc2F)C1)c1ccsc1. The normalized spacial score (nSPS) is 18.6. The Morgan fingerprint density at radius 2 is 2.06 bits per heavy atom. The van der Waals surface area contributed by atoms with Crippen LogP contribution in [0.5, 0.6) is 0 Å². The highest BCUT2D eigenvalue weighted by molar-refractivity contribution is 7.08. The van der Waals surface area contributed by atoms with E-state index >= 15 is 0 Å². The summed E-state index contributed by atoms with van der Waals surface area (Å²) in [5, 5.41) is 17.1. The van der Waals surface area contributed by atoms with Crippen LogP contribution in [0.15, 0.2) is 35.3 Å². The Kier molecular flexibility index (Phi) is 5.48. The standard InChI is InChI=1S/C21H19F2N7OS/c22-12-6-15-17(29-30-18(15)24-8-12)20-25-9-16(23)19(28-20)26-13-2-1-3-14(7-13)27-21(31)11-4-5-32-10-11/h4-6,8-10,13-14H,1-3,7H2,(H,27,31)(H,24,29,30)(H,25,26,28)/t13?,14-/m1/s1. The molecule has 5 rings (SSSR count). The predicted octanol–water partition coefficient (Wildman–Crippen LogP) is 3.91. The molecule has 8 nitrogen and oxygen atoms in total.